The zero-order chi connectivity index (χ0) is 16.9. The maximum absolute atomic E-state index is 12.2. The van der Waals surface area contributed by atoms with E-state index in [0.717, 1.165) is 36.9 Å². The number of furan rings is 1. The van der Waals surface area contributed by atoms with Gasteiger partial charge in [0.1, 0.15) is 12.0 Å². The summed E-state index contributed by atoms with van der Waals surface area (Å²) < 4.78 is 6.32. The highest BCUT2D eigenvalue weighted by Gasteiger charge is 2.21. The van der Waals surface area contributed by atoms with E-state index in [1.165, 1.54) is 11.8 Å². The molecule has 0 saturated carbocycles. The van der Waals surface area contributed by atoms with Crippen LogP contribution in [0.4, 0.5) is 0 Å². The van der Waals surface area contributed by atoms with E-state index in [9.17, 15) is 4.79 Å². The topological polar surface area (TPSA) is 71.5 Å². The summed E-state index contributed by atoms with van der Waals surface area (Å²) in [6, 6.07) is 10.4. The van der Waals surface area contributed by atoms with Crippen LogP contribution in [0.2, 0.25) is 0 Å². The number of rotatable bonds is 5. The van der Waals surface area contributed by atoms with E-state index in [-0.39, 0.29) is 11.9 Å². The third-order valence-electron chi connectivity index (χ3n) is 4.36. The van der Waals surface area contributed by atoms with Crippen molar-refractivity contribution < 1.29 is 9.21 Å². The van der Waals surface area contributed by atoms with Crippen LogP contribution in [0.5, 0.6) is 0 Å². The average Bonchev–Trinajstić information content (AvgIpc) is 3.08. The van der Waals surface area contributed by atoms with Crippen molar-refractivity contribution in [3.05, 3.63) is 58.0 Å². The number of hydrogen-bond acceptors (Lipinski definition) is 4. The summed E-state index contributed by atoms with van der Waals surface area (Å²) in [5.41, 5.74) is 7.36. The first-order valence-corrected chi connectivity index (χ1v) is 8.98. The molecule has 3 N–H and O–H groups in total. The van der Waals surface area contributed by atoms with Crippen molar-refractivity contribution >= 4 is 21.8 Å². The number of carbonyl (C=O) groups is 1. The molecule has 1 aliphatic rings. The van der Waals surface area contributed by atoms with Gasteiger partial charge in [-0.05, 0) is 36.6 Å². The largest absolute Gasteiger partial charge is 0.467 e. The highest BCUT2D eigenvalue weighted by atomic mass is 79.9. The molecule has 0 spiro atoms. The number of carbonyl (C=O) groups excluding carboxylic acids is 1. The summed E-state index contributed by atoms with van der Waals surface area (Å²) in [7, 11) is 0. The molecule has 24 heavy (non-hydrogen) atoms. The second-order valence-corrected chi connectivity index (χ2v) is 7.07. The Hall–Kier alpha value is -1.63. The smallest absolute Gasteiger partial charge is 0.254 e. The summed E-state index contributed by atoms with van der Waals surface area (Å²) in [6.07, 6.45) is 3.40. The van der Waals surface area contributed by atoms with Gasteiger partial charge >= 0.3 is 0 Å². The Morgan fingerprint density at radius 2 is 2.00 bits per heavy atom. The Morgan fingerprint density at radius 3 is 2.62 bits per heavy atom. The number of benzene rings is 1. The molecule has 1 aromatic heterocycles. The Bertz CT molecular complexity index is 676. The summed E-state index contributed by atoms with van der Waals surface area (Å²) in [4.78, 5) is 14.6. The second-order valence-electron chi connectivity index (χ2n) is 6.16. The maximum Gasteiger partial charge on any atom is 0.254 e. The third-order valence-corrected chi connectivity index (χ3v) is 4.89. The fourth-order valence-corrected chi connectivity index (χ4v) is 3.22. The summed E-state index contributed by atoms with van der Waals surface area (Å²) >= 11 is 3.46. The number of nitrogens with zero attached hydrogens (tertiary/aromatic N) is 1. The predicted octanol–water partition coefficient (Wildman–Crippen LogP) is 2.90. The monoisotopic (exact) mass is 391 g/mol. The number of likely N-dealkylation sites (tertiary alicyclic amines) is 1. The average molecular weight is 392 g/mol. The Labute approximate surface area is 150 Å². The predicted molar refractivity (Wildman–Crippen MR) is 96.5 cm³/mol. The van der Waals surface area contributed by atoms with E-state index in [4.69, 9.17) is 10.2 Å². The highest BCUT2D eigenvalue weighted by molar-refractivity contribution is 9.10. The van der Waals surface area contributed by atoms with Gasteiger partial charge in [0.25, 0.3) is 5.91 Å². The van der Waals surface area contributed by atoms with Crippen LogP contribution in [-0.4, -0.2) is 29.9 Å². The van der Waals surface area contributed by atoms with Crippen LogP contribution in [0.25, 0.3) is 0 Å². The van der Waals surface area contributed by atoms with Crippen LogP contribution in [0.15, 0.2) is 45.5 Å². The number of halogens is 1. The first-order chi connectivity index (χ1) is 11.6. The molecular weight excluding hydrogens is 370 g/mol. The third kappa shape index (κ3) is 4.47. The number of hydrogen-bond donors (Lipinski definition) is 2. The molecule has 2 heterocycles. The number of nitrogens with two attached hydrogens (primary N) is 1. The first-order valence-electron chi connectivity index (χ1n) is 8.19. The maximum atomic E-state index is 12.2. The lowest BCUT2D eigenvalue weighted by atomic mass is 10.0. The van der Waals surface area contributed by atoms with E-state index in [0.29, 0.717) is 17.9 Å². The Kier molecular flexibility index (Phi) is 5.71. The lowest BCUT2D eigenvalue weighted by molar-refractivity contribution is 0.0908. The van der Waals surface area contributed by atoms with E-state index < -0.39 is 0 Å². The first kappa shape index (κ1) is 17.2. The molecule has 0 unspecified atom stereocenters. The van der Waals surface area contributed by atoms with Crippen LogP contribution in [0.1, 0.15) is 34.5 Å². The van der Waals surface area contributed by atoms with Gasteiger partial charge in [0.05, 0.1) is 12.1 Å². The van der Waals surface area contributed by atoms with Gasteiger partial charge in [-0.1, -0.05) is 28.1 Å². The highest BCUT2D eigenvalue weighted by Crippen LogP contribution is 2.17. The second kappa shape index (κ2) is 7.96. The molecule has 1 aliphatic heterocycles. The minimum atomic E-state index is -0.0789. The molecule has 0 radical (unpaired) electrons. The Morgan fingerprint density at radius 1 is 1.29 bits per heavy atom. The minimum Gasteiger partial charge on any atom is -0.467 e. The summed E-state index contributed by atoms with van der Waals surface area (Å²) in [5, 5.41) is 3.09. The van der Waals surface area contributed by atoms with Crippen molar-refractivity contribution in [2.45, 2.75) is 32.0 Å². The van der Waals surface area contributed by atoms with Crippen LogP contribution < -0.4 is 11.1 Å². The van der Waals surface area contributed by atoms with Gasteiger partial charge in [0.15, 0.2) is 0 Å². The minimum absolute atomic E-state index is 0.0789. The quantitative estimate of drug-likeness (QED) is 0.821. The molecule has 5 nitrogen and oxygen atoms in total. The normalized spacial score (nSPS) is 16.2. The van der Waals surface area contributed by atoms with Gasteiger partial charge in [-0.3, -0.25) is 9.69 Å². The van der Waals surface area contributed by atoms with Gasteiger partial charge in [0, 0.05) is 30.1 Å². The summed E-state index contributed by atoms with van der Waals surface area (Å²) in [5.74, 6) is 0.550. The van der Waals surface area contributed by atoms with Crippen molar-refractivity contribution in [2.24, 2.45) is 5.73 Å². The lowest BCUT2D eigenvalue weighted by Crippen LogP contribution is -2.44. The van der Waals surface area contributed by atoms with Crippen molar-refractivity contribution in [1.29, 1.82) is 0 Å². The van der Waals surface area contributed by atoms with Crippen LogP contribution in [-0.2, 0) is 13.1 Å². The molecule has 1 saturated heterocycles. The van der Waals surface area contributed by atoms with Crippen molar-refractivity contribution in [3.8, 4) is 0 Å². The molecule has 2 aromatic rings. The zero-order valence-corrected chi connectivity index (χ0v) is 15.1. The van der Waals surface area contributed by atoms with Crippen LogP contribution in [0, 0.1) is 0 Å². The molecular formula is C18H22BrN3O2. The lowest BCUT2D eigenvalue weighted by Gasteiger charge is -2.32. The van der Waals surface area contributed by atoms with Crippen LogP contribution >= 0.6 is 15.9 Å². The molecule has 0 bridgehead atoms. The van der Waals surface area contributed by atoms with Crippen molar-refractivity contribution in [2.75, 3.05) is 13.1 Å². The van der Waals surface area contributed by atoms with Crippen LogP contribution in [0.3, 0.4) is 0 Å². The number of piperidine rings is 1. The van der Waals surface area contributed by atoms with E-state index in [2.05, 4.69) is 50.4 Å². The van der Waals surface area contributed by atoms with Crippen molar-refractivity contribution in [3.63, 3.8) is 0 Å². The van der Waals surface area contributed by atoms with Gasteiger partial charge in [-0.15, -0.1) is 0 Å². The van der Waals surface area contributed by atoms with Gasteiger partial charge in [0.2, 0.25) is 0 Å². The molecule has 3 rings (SSSR count). The molecule has 1 aromatic carbocycles. The number of amides is 1. The van der Waals surface area contributed by atoms with Gasteiger partial charge in [-0.2, -0.15) is 0 Å². The number of nitrogens with one attached hydrogen (secondary N) is 1. The van der Waals surface area contributed by atoms with Crippen molar-refractivity contribution in [1.82, 2.24) is 10.2 Å². The van der Waals surface area contributed by atoms with Gasteiger partial charge in [-0.25, -0.2) is 0 Å². The van der Waals surface area contributed by atoms with Gasteiger partial charge < -0.3 is 15.5 Å². The SMILES string of the molecule is NCc1cc(C(=O)NC2CCN(Cc3ccc(Br)cc3)CC2)co1. The zero-order valence-electron chi connectivity index (χ0n) is 13.5. The standard InChI is InChI=1S/C18H22BrN3O2/c19-15-3-1-13(2-4-15)11-22-7-5-16(6-8-22)21-18(23)14-9-17(10-20)24-12-14/h1-4,9,12,16H,5-8,10-11,20H2,(H,21,23). The van der Waals surface area contributed by atoms with E-state index in [1.807, 2.05) is 0 Å². The molecule has 0 aliphatic carbocycles. The molecule has 0 atom stereocenters. The molecule has 6 heteroatoms. The fourth-order valence-electron chi connectivity index (χ4n) is 2.96. The fraction of sp³-hybridized carbons (Fsp3) is 0.389. The molecule has 1 amide bonds. The molecule has 128 valence electrons. The Balaban J connectivity index is 1.46. The van der Waals surface area contributed by atoms with E-state index in [1.54, 1.807) is 6.07 Å². The summed E-state index contributed by atoms with van der Waals surface area (Å²) in [6.45, 7) is 3.23. The molecule has 1 fully saturated rings. The van der Waals surface area contributed by atoms with E-state index >= 15 is 0 Å².